The fraction of sp³-hybridized carbons (Fsp3) is 0.400. The van der Waals surface area contributed by atoms with E-state index in [0.717, 1.165) is 35.2 Å². The minimum absolute atomic E-state index is 0.0222. The van der Waals surface area contributed by atoms with Gasteiger partial charge in [-0.2, -0.15) is 0 Å². The number of benzene rings is 1. The summed E-state index contributed by atoms with van der Waals surface area (Å²) in [6.45, 7) is 1.93. The number of hydrogen-bond donors (Lipinski definition) is 0. The summed E-state index contributed by atoms with van der Waals surface area (Å²) < 4.78 is 6.56. The highest BCUT2D eigenvalue weighted by Gasteiger charge is 2.24. The molecule has 1 aromatic heterocycles. The van der Waals surface area contributed by atoms with Crippen molar-refractivity contribution in [1.29, 1.82) is 0 Å². The van der Waals surface area contributed by atoms with Gasteiger partial charge in [0.2, 0.25) is 0 Å². The first-order valence-corrected chi connectivity index (χ1v) is 9.60. The fourth-order valence-corrected chi connectivity index (χ4v) is 3.45. The summed E-state index contributed by atoms with van der Waals surface area (Å²) in [5, 5.41) is 0. The topological polar surface area (TPSA) is 45.7 Å². The van der Waals surface area contributed by atoms with Crippen LogP contribution < -0.4 is 4.90 Å². The second-order valence-electron chi connectivity index (χ2n) is 6.77. The lowest BCUT2D eigenvalue weighted by Gasteiger charge is -2.26. The smallest absolute Gasteiger partial charge is 0.255 e. The van der Waals surface area contributed by atoms with E-state index in [2.05, 4.69) is 50.1 Å². The van der Waals surface area contributed by atoms with E-state index < -0.39 is 0 Å². The SMILES string of the molecule is CN(C)c1ccc(CN(C[C@H]2CCCO2)C(=O)c2cncc(Br)c2)cc1. The van der Waals surface area contributed by atoms with Gasteiger partial charge in [0.15, 0.2) is 0 Å². The van der Waals surface area contributed by atoms with Gasteiger partial charge in [-0.15, -0.1) is 0 Å². The molecule has 1 aromatic carbocycles. The first-order chi connectivity index (χ1) is 12.5. The number of nitrogens with zero attached hydrogens (tertiary/aromatic N) is 3. The van der Waals surface area contributed by atoms with Crippen LogP contribution in [0.25, 0.3) is 0 Å². The van der Waals surface area contributed by atoms with Gasteiger partial charge in [-0.3, -0.25) is 9.78 Å². The molecule has 0 saturated carbocycles. The Balaban J connectivity index is 1.79. The van der Waals surface area contributed by atoms with Crippen molar-refractivity contribution >= 4 is 27.5 Å². The Bertz CT molecular complexity index is 743. The molecule has 1 aliphatic heterocycles. The number of anilines is 1. The van der Waals surface area contributed by atoms with Crippen molar-refractivity contribution in [3.8, 4) is 0 Å². The number of pyridine rings is 1. The zero-order valence-corrected chi connectivity index (χ0v) is 16.8. The molecule has 26 heavy (non-hydrogen) atoms. The van der Waals surface area contributed by atoms with Crippen LogP contribution in [-0.4, -0.2) is 49.1 Å². The molecular weight excluding hydrogens is 394 g/mol. The van der Waals surface area contributed by atoms with Gasteiger partial charge in [0, 0.05) is 56.3 Å². The summed E-state index contributed by atoms with van der Waals surface area (Å²) in [4.78, 5) is 21.1. The van der Waals surface area contributed by atoms with Crippen LogP contribution in [0, 0.1) is 0 Å². The van der Waals surface area contributed by atoms with E-state index in [1.165, 1.54) is 0 Å². The lowest BCUT2D eigenvalue weighted by molar-refractivity contribution is 0.0507. The molecule has 0 unspecified atom stereocenters. The van der Waals surface area contributed by atoms with Crippen LogP contribution in [0.1, 0.15) is 28.8 Å². The number of ether oxygens (including phenoxy) is 1. The average molecular weight is 418 g/mol. The molecule has 138 valence electrons. The first kappa shape index (κ1) is 18.9. The summed E-state index contributed by atoms with van der Waals surface area (Å²) in [5.74, 6) is -0.0222. The molecule has 2 aromatic rings. The zero-order chi connectivity index (χ0) is 18.5. The van der Waals surface area contributed by atoms with Crippen LogP contribution in [0.3, 0.4) is 0 Å². The second kappa shape index (κ2) is 8.64. The Morgan fingerprint density at radius 1 is 1.27 bits per heavy atom. The predicted octanol–water partition coefficient (Wildman–Crippen LogP) is 3.73. The number of carbonyl (C=O) groups excluding carboxylic acids is 1. The van der Waals surface area contributed by atoms with Gasteiger partial charge < -0.3 is 14.5 Å². The van der Waals surface area contributed by atoms with Crippen molar-refractivity contribution in [2.24, 2.45) is 0 Å². The zero-order valence-electron chi connectivity index (χ0n) is 15.2. The summed E-state index contributed by atoms with van der Waals surface area (Å²) >= 11 is 3.39. The van der Waals surface area contributed by atoms with E-state index in [1.807, 2.05) is 25.1 Å². The van der Waals surface area contributed by atoms with Gasteiger partial charge in [0.1, 0.15) is 0 Å². The maximum absolute atomic E-state index is 13.1. The predicted molar refractivity (Wildman–Crippen MR) is 106 cm³/mol. The molecular formula is C20H24BrN3O2. The second-order valence-corrected chi connectivity index (χ2v) is 7.69. The molecule has 0 N–H and O–H groups in total. The van der Waals surface area contributed by atoms with E-state index >= 15 is 0 Å². The van der Waals surface area contributed by atoms with Gasteiger partial charge in [-0.05, 0) is 52.5 Å². The lowest BCUT2D eigenvalue weighted by atomic mass is 10.1. The molecule has 1 fully saturated rings. The van der Waals surface area contributed by atoms with E-state index in [1.54, 1.807) is 12.4 Å². The Morgan fingerprint density at radius 3 is 2.65 bits per heavy atom. The van der Waals surface area contributed by atoms with Gasteiger partial charge >= 0.3 is 0 Å². The quantitative estimate of drug-likeness (QED) is 0.717. The highest BCUT2D eigenvalue weighted by molar-refractivity contribution is 9.10. The van der Waals surface area contributed by atoms with Crippen LogP contribution in [0.15, 0.2) is 47.2 Å². The van der Waals surface area contributed by atoms with Crippen LogP contribution in [0.2, 0.25) is 0 Å². The third-order valence-corrected chi connectivity index (χ3v) is 4.95. The third kappa shape index (κ3) is 4.83. The molecule has 0 spiro atoms. The minimum Gasteiger partial charge on any atom is -0.378 e. The van der Waals surface area contributed by atoms with E-state index in [0.29, 0.717) is 18.7 Å². The molecule has 6 heteroatoms. The molecule has 0 bridgehead atoms. The molecule has 0 aliphatic carbocycles. The van der Waals surface area contributed by atoms with E-state index in [-0.39, 0.29) is 12.0 Å². The number of amides is 1. The van der Waals surface area contributed by atoms with Crippen LogP contribution in [0.4, 0.5) is 5.69 Å². The average Bonchev–Trinajstić information content (AvgIpc) is 3.14. The highest BCUT2D eigenvalue weighted by atomic mass is 79.9. The van der Waals surface area contributed by atoms with Crippen molar-refractivity contribution < 1.29 is 9.53 Å². The molecule has 0 radical (unpaired) electrons. The number of aromatic nitrogens is 1. The molecule has 5 nitrogen and oxygen atoms in total. The first-order valence-electron chi connectivity index (χ1n) is 8.80. The van der Waals surface area contributed by atoms with Crippen LogP contribution in [-0.2, 0) is 11.3 Å². The Hall–Kier alpha value is -1.92. The number of rotatable bonds is 6. The van der Waals surface area contributed by atoms with Crippen LogP contribution in [0.5, 0.6) is 0 Å². The molecule has 1 amide bonds. The summed E-state index contributed by atoms with van der Waals surface area (Å²) in [7, 11) is 4.03. The Morgan fingerprint density at radius 2 is 2.04 bits per heavy atom. The van der Waals surface area contributed by atoms with E-state index in [4.69, 9.17) is 4.74 Å². The highest BCUT2D eigenvalue weighted by Crippen LogP contribution is 2.20. The maximum atomic E-state index is 13.1. The third-order valence-electron chi connectivity index (χ3n) is 4.51. The van der Waals surface area contributed by atoms with Crippen molar-refractivity contribution in [2.75, 3.05) is 32.1 Å². The number of carbonyl (C=O) groups is 1. The summed E-state index contributed by atoms with van der Waals surface area (Å²) in [6, 6.07) is 10.1. The van der Waals surface area contributed by atoms with Crippen molar-refractivity contribution in [2.45, 2.75) is 25.5 Å². The fourth-order valence-electron chi connectivity index (χ4n) is 3.08. The standard InChI is InChI=1S/C20H24BrN3O2/c1-23(2)18-7-5-15(6-8-18)13-24(14-19-4-3-9-26-19)20(25)16-10-17(21)12-22-11-16/h5-8,10-12,19H,3-4,9,13-14H2,1-2H3/t19-/m1/s1. The van der Waals surface area contributed by atoms with Gasteiger partial charge in [-0.25, -0.2) is 0 Å². The van der Waals surface area contributed by atoms with Crippen molar-refractivity contribution in [1.82, 2.24) is 9.88 Å². The van der Waals surface area contributed by atoms with Gasteiger partial charge in [0.25, 0.3) is 5.91 Å². The van der Waals surface area contributed by atoms with Gasteiger partial charge in [0.05, 0.1) is 11.7 Å². The summed E-state index contributed by atoms with van der Waals surface area (Å²) in [6.07, 6.45) is 5.47. The number of halogens is 1. The normalized spacial score (nSPS) is 16.5. The van der Waals surface area contributed by atoms with Gasteiger partial charge in [-0.1, -0.05) is 12.1 Å². The van der Waals surface area contributed by atoms with Crippen LogP contribution >= 0.6 is 15.9 Å². The number of hydrogen-bond acceptors (Lipinski definition) is 4. The monoisotopic (exact) mass is 417 g/mol. The maximum Gasteiger partial charge on any atom is 0.255 e. The Labute approximate surface area is 163 Å². The molecule has 3 rings (SSSR count). The molecule has 1 saturated heterocycles. The largest absolute Gasteiger partial charge is 0.378 e. The van der Waals surface area contributed by atoms with E-state index in [9.17, 15) is 4.79 Å². The van der Waals surface area contributed by atoms with Crippen molar-refractivity contribution in [3.05, 3.63) is 58.3 Å². The molecule has 2 heterocycles. The Kier molecular flexibility index (Phi) is 6.27. The summed E-state index contributed by atoms with van der Waals surface area (Å²) in [5.41, 5.74) is 2.83. The lowest BCUT2D eigenvalue weighted by Crippen LogP contribution is -2.37. The van der Waals surface area contributed by atoms with Crippen molar-refractivity contribution in [3.63, 3.8) is 0 Å². The molecule has 1 atom stereocenters. The minimum atomic E-state index is -0.0222. The molecule has 1 aliphatic rings.